The maximum Gasteiger partial charge on any atom is 0.697 e. The second-order valence-electron chi connectivity index (χ2n) is 3.87. The van der Waals surface area contributed by atoms with Crippen LogP contribution in [-0.4, -0.2) is 44.5 Å². The minimum atomic E-state index is -9.24. The Morgan fingerprint density at radius 3 is 0.870 bits per heavy atom. The minimum Gasteiger partial charge on any atom is -0.234 e. The third kappa shape index (κ3) is 2.73. The van der Waals surface area contributed by atoms with Gasteiger partial charge in [-0.15, -0.1) is 0 Å². The summed E-state index contributed by atoms with van der Waals surface area (Å²) < 4.78 is 194. The van der Waals surface area contributed by atoms with E-state index in [9.17, 15) is 69.4 Å². The Bertz CT molecular complexity index is 398. The average Bonchev–Trinajstić information content (AvgIpc) is 2.24. The molecule has 0 atom stereocenters. The molecule has 0 aliphatic rings. The zero-order valence-corrected chi connectivity index (χ0v) is 10.5. The fourth-order valence-corrected chi connectivity index (χ4v) is 1.46. The van der Waals surface area contributed by atoms with E-state index < -0.39 is 44.5 Å². The summed E-state index contributed by atoms with van der Waals surface area (Å²) in [5.74, 6) is -33.0. The predicted molar refractivity (Wildman–Crippen MR) is 39.9 cm³/mol. The molecular weight excluding hydrogens is 404 g/mol. The number of alkyl halides is 13. The van der Waals surface area contributed by atoms with E-state index in [0.29, 0.717) is 0 Å². The Balaban J connectivity index is 6.37. The van der Waals surface area contributed by atoms with Crippen LogP contribution in [0.5, 0.6) is 0 Å². The molecule has 17 heteroatoms. The SMILES string of the molecule is FC(F)(F)C(F)(F)C(F)(F)C(F)(F)C(F)(F)C(F)(F)[Si](F)(F)F. The Hall–Kier alpha value is -0.903. The summed E-state index contributed by atoms with van der Waals surface area (Å²) in [6, 6.07) is 0. The van der Waals surface area contributed by atoms with Crippen LogP contribution in [0, 0.1) is 0 Å². The van der Waals surface area contributed by atoms with Gasteiger partial charge in [-0.05, 0) is 0 Å². The monoisotopic (exact) mass is 404 g/mol. The molecule has 23 heavy (non-hydrogen) atoms. The molecule has 0 nitrogen and oxygen atoms in total. The number of hydrogen-bond donors (Lipinski definition) is 0. The highest BCUT2D eigenvalue weighted by Gasteiger charge is 2.94. The first-order chi connectivity index (χ1) is 9.50. The molecule has 0 saturated heterocycles. The molecule has 0 spiro atoms. The molecule has 0 aromatic carbocycles. The van der Waals surface area contributed by atoms with Crippen molar-refractivity contribution in [3.05, 3.63) is 0 Å². The third-order valence-electron chi connectivity index (χ3n) is 2.29. The Labute approximate surface area is 115 Å². The van der Waals surface area contributed by atoms with Gasteiger partial charge in [-0.25, -0.2) is 12.3 Å². The highest BCUT2D eigenvalue weighted by molar-refractivity contribution is 6.61. The summed E-state index contributed by atoms with van der Waals surface area (Å²) in [6.45, 7) is 0. The lowest BCUT2D eigenvalue weighted by Gasteiger charge is -2.39. The lowest BCUT2D eigenvalue weighted by Crippen LogP contribution is -2.73. The van der Waals surface area contributed by atoms with E-state index in [1.807, 2.05) is 0 Å². The van der Waals surface area contributed by atoms with Crippen LogP contribution in [0.3, 0.4) is 0 Å². The summed E-state index contributed by atoms with van der Waals surface area (Å²) in [4.78, 5) is 0. The van der Waals surface area contributed by atoms with Gasteiger partial charge in [-0.1, -0.05) is 0 Å². The summed E-state index contributed by atoms with van der Waals surface area (Å²) in [5.41, 5.74) is -7.91. The van der Waals surface area contributed by atoms with Gasteiger partial charge in [-0.3, -0.25) is 0 Å². The molecule has 0 aromatic rings. The van der Waals surface area contributed by atoms with Crippen molar-refractivity contribution in [2.24, 2.45) is 0 Å². The molecule has 0 aliphatic heterocycles. The van der Waals surface area contributed by atoms with Crippen LogP contribution in [0.4, 0.5) is 69.4 Å². The van der Waals surface area contributed by atoms with Crippen molar-refractivity contribution in [2.45, 2.75) is 35.4 Å². The van der Waals surface area contributed by atoms with Gasteiger partial charge in [-0.2, -0.15) is 57.1 Å². The predicted octanol–water partition coefficient (Wildman–Crippen LogP) is 5.11. The molecule has 0 aromatic heterocycles. The van der Waals surface area contributed by atoms with E-state index in [4.69, 9.17) is 0 Å². The molecule has 0 aliphatic carbocycles. The smallest absolute Gasteiger partial charge is 0.234 e. The van der Waals surface area contributed by atoms with Crippen LogP contribution in [0.2, 0.25) is 0 Å². The first-order valence-corrected chi connectivity index (χ1v) is 6.16. The zero-order chi connectivity index (χ0) is 19.5. The van der Waals surface area contributed by atoms with E-state index >= 15 is 0 Å². The fourth-order valence-electron chi connectivity index (χ4n) is 0.948. The van der Waals surface area contributed by atoms with Crippen LogP contribution >= 0.6 is 0 Å². The second kappa shape index (κ2) is 5.04. The lowest BCUT2D eigenvalue weighted by atomic mass is 9.98. The summed E-state index contributed by atoms with van der Waals surface area (Å²) in [5, 5.41) is 0. The Morgan fingerprint density at radius 1 is 0.391 bits per heavy atom. The fraction of sp³-hybridized carbons (Fsp3) is 1.00. The van der Waals surface area contributed by atoms with E-state index in [-0.39, 0.29) is 0 Å². The van der Waals surface area contributed by atoms with Crippen molar-refractivity contribution >= 4 is 9.08 Å². The number of hydrogen-bond acceptors (Lipinski definition) is 0. The van der Waals surface area contributed by atoms with Gasteiger partial charge in [0, 0.05) is 0 Å². The Morgan fingerprint density at radius 2 is 0.652 bits per heavy atom. The lowest BCUT2D eigenvalue weighted by molar-refractivity contribution is -0.435. The quantitative estimate of drug-likeness (QED) is 0.340. The molecule has 0 heterocycles. The van der Waals surface area contributed by atoms with Crippen molar-refractivity contribution in [3.8, 4) is 0 Å². The molecule has 0 bridgehead atoms. The van der Waals surface area contributed by atoms with Gasteiger partial charge >= 0.3 is 44.5 Å². The topological polar surface area (TPSA) is 0 Å². The minimum absolute atomic E-state index is 7.65. The largest absolute Gasteiger partial charge is 0.697 e. The summed E-state index contributed by atoms with van der Waals surface area (Å²) in [7, 11) is -9.24. The van der Waals surface area contributed by atoms with Crippen LogP contribution in [0.15, 0.2) is 0 Å². The molecule has 0 rings (SSSR count). The maximum absolute atomic E-state index is 12.6. The van der Waals surface area contributed by atoms with Gasteiger partial charge in [0.25, 0.3) is 0 Å². The third-order valence-corrected chi connectivity index (χ3v) is 3.32. The van der Waals surface area contributed by atoms with Gasteiger partial charge in [0.2, 0.25) is 0 Å². The second-order valence-corrected chi connectivity index (χ2v) is 5.49. The van der Waals surface area contributed by atoms with Gasteiger partial charge < -0.3 is 0 Å². The van der Waals surface area contributed by atoms with Gasteiger partial charge in [0.1, 0.15) is 0 Å². The van der Waals surface area contributed by atoms with E-state index in [1.165, 1.54) is 0 Å². The highest BCUT2D eigenvalue weighted by atomic mass is 28.5. The van der Waals surface area contributed by atoms with E-state index in [1.54, 1.807) is 0 Å². The molecule has 140 valence electrons. The van der Waals surface area contributed by atoms with Crippen LogP contribution in [-0.2, 0) is 0 Å². The van der Waals surface area contributed by atoms with Crippen LogP contribution in [0.25, 0.3) is 0 Å². The van der Waals surface area contributed by atoms with Crippen molar-refractivity contribution in [1.29, 1.82) is 0 Å². The molecule has 0 unspecified atom stereocenters. The van der Waals surface area contributed by atoms with Crippen LogP contribution in [0.1, 0.15) is 0 Å². The normalized spacial score (nSPS) is 16.7. The standard InChI is InChI=1S/C6F16Si/c7-1(8,3(11,12)5(15,16)17)2(9,10)4(13,14)6(18,19)23(20,21)22. The average molecular weight is 404 g/mol. The Kier molecular flexibility index (Phi) is 4.85. The summed E-state index contributed by atoms with van der Waals surface area (Å²) >= 11 is 0. The number of rotatable bonds is 5. The highest BCUT2D eigenvalue weighted by Crippen LogP contribution is 2.61. The first-order valence-electron chi connectivity index (χ1n) is 4.52. The zero-order valence-electron chi connectivity index (χ0n) is 9.55. The van der Waals surface area contributed by atoms with E-state index in [0.717, 1.165) is 0 Å². The summed E-state index contributed by atoms with van der Waals surface area (Å²) in [6.07, 6.45) is -7.65. The molecule has 0 fully saturated rings. The van der Waals surface area contributed by atoms with Crippen molar-refractivity contribution < 1.29 is 69.4 Å². The van der Waals surface area contributed by atoms with Gasteiger partial charge in [0.15, 0.2) is 0 Å². The molecule has 0 saturated carbocycles. The molecule has 0 amide bonds. The van der Waals surface area contributed by atoms with Crippen molar-refractivity contribution in [2.75, 3.05) is 0 Å². The maximum atomic E-state index is 12.6. The van der Waals surface area contributed by atoms with E-state index in [2.05, 4.69) is 0 Å². The van der Waals surface area contributed by atoms with Crippen molar-refractivity contribution in [3.63, 3.8) is 0 Å². The molecule has 0 N–H and O–H groups in total. The van der Waals surface area contributed by atoms with Crippen LogP contribution < -0.4 is 0 Å². The van der Waals surface area contributed by atoms with Crippen molar-refractivity contribution in [1.82, 2.24) is 0 Å². The molecule has 0 radical (unpaired) electrons. The number of halogens is 16. The first kappa shape index (κ1) is 22.1. The molecular formula is C6F16Si. The van der Waals surface area contributed by atoms with Gasteiger partial charge in [0.05, 0.1) is 0 Å².